The van der Waals surface area contributed by atoms with E-state index in [0.29, 0.717) is 10.8 Å². The van der Waals surface area contributed by atoms with Crippen molar-refractivity contribution < 1.29 is 0 Å². The van der Waals surface area contributed by atoms with Crippen molar-refractivity contribution >= 4 is 24.2 Å². The highest BCUT2D eigenvalue weighted by atomic mass is 35.5. The molecule has 1 fully saturated rings. The van der Waals surface area contributed by atoms with Gasteiger partial charge in [0.05, 0.1) is 16.7 Å². The average molecular weight is 256 g/mol. The first-order valence-electron chi connectivity index (χ1n) is 5.12. The van der Waals surface area contributed by atoms with Gasteiger partial charge in [-0.1, -0.05) is 0 Å². The number of hydrogen-bond acceptors (Lipinski definition) is 4. The highest BCUT2D eigenvalue weighted by Crippen LogP contribution is 2.25. The molecule has 1 aliphatic heterocycles. The number of nitrogens with zero attached hydrogens (tertiary/aromatic N) is 2. The van der Waals surface area contributed by atoms with E-state index < -0.39 is 0 Å². The molecule has 5 heteroatoms. The minimum absolute atomic E-state index is 0. The van der Waals surface area contributed by atoms with Gasteiger partial charge >= 0.3 is 0 Å². The van der Waals surface area contributed by atoms with Gasteiger partial charge in [-0.05, 0) is 31.5 Å². The van der Waals surface area contributed by atoms with Gasteiger partial charge in [0.15, 0.2) is 0 Å². The number of aromatic nitrogens is 1. The van der Waals surface area contributed by atoms with Crippen molar-refractivity contribution in [3.05, 3.63) is 23.9 Å². The Morgan fingerprint density at radius 2 is 2.44 bits per heavy atom. The van der Waals surface area contributed by atoms with E-state index in [1.807, 2.05) is 6.07 Å². The molecule has 2 heterocycles. The third-order valence-electron chi connectivity index (χ3n) is 2.40. The molecule has 2 rings (SSSR count). The van der Waals surface area contributed by atoms with Gasteiger partial charge in [0, 0.05) is 18.0 Å². The Labute approximate surface area is 106 Å². The normalized spacial score (nSPS) is 19.6. The van der Waals surface area contributed by atoms with Crippen LogP contribution in [-0.4, -0.2) is 23.3 Å². The quantitative estimate of drug-likeness (QED) is 0.880. The van der Waals surface area contributed by atoms with Crippen molar-refractivity contribution in [1.82, 2.24) is 10.3 Å². The standard InChI is InChI=1S/C11H13N3S.ClH/c12-7-9-3-5-14-11(6-9)15-10-2-1-4-13-8-10;/h3,5-6,10,13H,1-2,4,8H2;1H. The molecule has 16 heavy (non-hydrogen) atoms. The highest BCUT2D eigenvalue weighted by Gasteiger charge is 2.14. The van der Waals surface area contributed by atoms with E-state index in [-0.39, 0.29) is 12.4 Å². The van der Waals surface area contributed by atoms with Crippen LogP contribution in [0.1, 0.15) is 18.4 Å². The van der Waals surface area contributed by atoms with Gasteiger partial charge in [0.2, 0.25) is 0 Å². The third kappa shape index (κ3) is 3.67. The summed E-state index contributed by atoms with van der Waals surface area (Å²) in [6.07, 6.45) is 4.17. The lowest BCUT2D eigenvalue weighted by molar-refractivity contribution is 0.531. The molecule has 1 saturated heterocycles. The van der Waals surface area contributed by atoms with E-state index in [1.165, 1.54) is 12.8 Å². The van der Waals surface area contributed by atoms with Crippen LogP contribution in [0.2, 0.25) is 0 Å². The molecule has 3 nitrogen and oxygen atoms in total. The number of pyridine rings is 1. The van der Waals surface area contributed by atoms with Crippen LogP contribution in [-0.2, 0) is 0 Å². The number of nitrogens with one attached hydrogen (secondary N) is 1. The Bertz CT molecular complexity index is 372. The summed E-state index contributed by atoms with van der Waals surface area (Å²) in [5.41, 5.74) is 0.691. The predicted molar refractivity (Wildman–Crippen MR) is 67.9 cm³/mol. The zero-order valence-corrected chi connectivity index (χ0v) is 10.5. The predicted octanol–water partition coefficient (Wildman–Crippen LogP) is 2.22. The second kappa shape index (κ2) is 6.74. The number of hydrogen-bond donors (Lipinski definition) is 1. The first-order valence-corrected chi connectivity index (χ1v) is 6.00. The third-order valence-corrected chi connectivity index (χ3v) is 3.60. The molecule has 0 aliphatic carbocycles. The lowest BCUT2D eigenvalue weighted by Gasteiger charge is -2.21. The van der Waals surface area contributed by atoms with Crippen molar-refractivity contribution in [1.29, 1.82) is 5.26 Å². The van der Waals surface area contributed by atoms with E-state index >= 15 is 0 Å². The Hall–Kier alpha value is -0.760. The molecule has 0 saturated carbocycles. The van der Waals surface area contributed by atoms with Crippen LogP contribution < -0.4 is 5.32 Å². The summed E-state index contributed by atoms with van der Waals surface area (Å²) in [5.74, 6) is 0. The molecule has 0 amide bonds. The van der Waals surface area contributed by atoms with E-state index in [4.69, 9.17) is 5.26 Å². The summed E-state index contributed by atoms with van der Waals surface area (Å²) in [6, 6.07) is 5.74. The van der Waals surface area contributed by atoms with E-state index in [1.54, 1.807) is 24.0 Å². The topological polar surface area (TPSA) is 48.7 Å². The molecular formula is C11H14ClN3S. The van der Waals surface area contributed by atoms with E-state index in [2.05, 4.69) is 16.4 Å². The van der Waals surface area contributed by atoms with Crippen LogP contribution in [0.5, 0.6) is 0 Å². The maximum atomic E-state index is 8.77. The van der Waals surface area contributed by atoms with Crippen molar-refractivity contribution in [2.75, 3.05) is 13.1 Å². The number of thioether (sulfide) groups is 1. The summed E-state index contributed by atoms with van der Waals surface area (Å²) in [7, 11) is 0. The van der Waals surface area contributed by atoms with Crippen LogP contribution in [0.3, 0.4) is 0 Å². The summed E-state index contributed by atoms with van der Waals surface area (Å²) in [5, 5.41) is 13.7. The highest BCUT2D eigenvalue weighted by molar-refractivity contribution is 7.99. The zero-order chi connectivity index (χ0) is 10.5. The molecular weight excluding hydrogens is 242 g/mol. The first-order chi connectivity index (χ1) is 7.38. The molecule has 0 radical (unpaired) electrons. The Morgan fingerprint density at radius 1 is 1.56 bits per heavy atom. The van der Waals surface area contributed by atoms with Gasteiger partial charge in [-0.15, -0.1) is 24.2 Å². The van der Waals surface area contributed by atoms with Gasteiger partial charge in [-0.25, -0.2) is 4.98 Å². The fraction of sp³-hybridized carbons (Fsp3) is 0.455. The van der Waals surface area contributed by atoms with Gasteiger partial charge in [0.25, 0.3) is 0 Å². The molecule has 1 aliphatic rings. The van der Waals surface area contributed by atoms with Crippen molar-refractivity contribution in [2.45, 2.75) is 23.1 Å². The van der Waals surface area contributed by atoms with Crippen molar-refractivity contribution in [3.63, 3.8) is 0 Å². The summed E-state index contributed by atoms with van der Waals surface area (Å²) in [4.78, 5) is 4.27. The molecule has 1 unspecified atom stereocenters. The fourth-order valence-electron chi connectivity index (χ4n) is 1.63. The Morgan fingerprint density at radius 3 is 3.12 bits per heavy atom. The van der Waals surface area contributed by atoms with Gasteiger partial charge < -0.3 is 5.32 Å². The SMILES string of the molecule is Cl.N#Cc1ccnc(SC2CCCNC2)c1. The fourth-order valence-corrected chi connectivity index (χ4v) is 2.78. The minimum Gasteiger partial charge on any atom is -0.316 e. The van der Waals surface area contributed by atoms with Gasteiger partial charge in [0.1, 0.15) is 0 Å². The number of halogens is 1. The maximum absolute atomic E-state index is 8.77. The Balaban J connectivity index is 0.00000128. The van der Waals surface area contributed by atoms with Crippen LogP contribution >= 0.6 is 24.2 Å². The second-order valence-electron chi connectivity index (χ2n) is 3.58. The lowest BCUT2D eigenvalue weighted by atomic mass is 10.2. The zero-order valence-electron chi connectivity index (χ0n) is 8.85. The smallest absolute Gasteiger partial charge is 0.0993 e. The summed E-state index contributed by atoms with van der Waals surface area (Å²) in [6.45, 7) is 2.17. The van der Waals surface area contributed by atoms with Crippen molar-refractivity contribution in [3.8, 4) is 6.07 Å². The summed E-state index contributed by atoms with van der Waals surface area (Å²) < 4.78 is 0. The van der Waals surface area contributed by atoms with Crippen LogP contribution in [0.15, 0.2) is 23.4 Å². The number of nitriles is 1. The molecule has 0 spiro atoms. The first kappa shape index (κ1) is 13.3. The molecule has 1 N–H and O–H groups in total. The average Bonchev–Trinajstić information content (AvgIpc) is 2.31. The number of piperidine rings is 1. The van der Waals surface area contributed by atoms with Gasteiger partial charge in [-0.3, -0.25) is 0 Å². The monoisotopic (exact) mass is 255 g/mol. The molecule has 0 bridgehead atoms. The molecule has 1 aromatic heterocycles. The van der Waals surface area contributed by atoms with Gasteiger partial charge in [-0.2, -0.15) is 5.26 Å². The van der Waals surface area contributed by atoms with Crippen LogP contribution in [0, 0.1) is 11.3 Å². The molecule has 86 valence electrons. The minimum atomic E-state index is 0. The second-order valence-corrected chi connectivity index (χ2v) is 4.90. The largest absolute Gasteiger partial charge is 0.316 e. The lowest BCUT2D eigenvalue weighted by Crippen LogP contribution is -2.31. The maximum Gasteiger partial charge on any atom is 0.0993 e. The molecule has 0 aromatic carbocycles. The van der Waals surface area contributed by atoms with Crippen LogP contribution in [0.4, 0.5) is 0 Å². The summed E-state index contributed by atoms with van der Waals surface area (Å²) >= 11 is 1.77. The van der Waals surface area contributed by atoms with Crippen LogP contribution in [0.25, 0.3) is 0 Å². The number of rotatable bonds is 2. The molecule has 1 aromatic rings. The Kier molecular flexibility index (Phi) is 5.61. The van der Waals surface area contributed by atoms with Crippen molar-refractivity contribution in [2.24, 2.45) is 0 Å². The van der Waals surface area contributed by atoms with E-state index in [0.717, 1.165) is 18.1 Å². The van der Waals surface area contributed by atoms with E-state index in [9.17, 15) is 0 Å². The molecule has 1 atom stereocenters.